The molecule has 0 saturated heterocycles. The van der Waals surface area contributed by atoms with E-state index in [1.165, 1.54) is 6.92 Å². The lowest BCUT2D eigenvalue weighted by Crippen LogP contribution is -2.39. The van der Waals surface area contributed by atoms with Gasteiger partial charge in [0.15, 0.2) is 6.10 Å². The highest BCUT2D eigenvalue weighted by Crippen LogP contribution is 2.11. The molecule has 21 heavy (non-hydrogen) atoms. The Kier molecular flexibility index (Phi) is 5.90. The molecular formula is C15H19NO5. The highest BCUT2D eigenvalue weighted by Gasteiger charge is 2.20. The van der Waals surface area contributed by atoms with Crippen molar-refractivity contribution in [1.82, 2.24) is 5.32 Å². The predicted molar refractivity (Wildman–Crippen MR) is 75.7 cm³/mol. The summed E-state index contributed by atoms with van der Waals surface area (Å²) in [6.07, 6.45) is -1.89. The summed E-state index contributed by atoms with van der Waals surface area (Å²) in [5.74, 6) is -1.26. The third kappa shape index (κ3) is 5.25. The second kappa shape index (κ2) is 7.42. The SMILES string of the molecule is COC(=O)NC(=O)[C@@H](C)OC(=O)Cc1ccc(C)c(C)c1. The standard InChI is InChI=1S/C15H19NO5/c1-9-5-6-12(7-10(9)2)8-13(17)21-11(3)14(18)16-15(19)20-4/h5-7,11H,8H2,1-4H3,(H,16,18,19)/t11-/m1/s1. The first-order valence-corrected chi connectivity index (χ1v) is 6.48. The van der Waals surface area contributed by atoms with Crippen LogP contribution in [0.1, 0.15) is 23.6 Å². The maximum atomic E-state index is 11.8. The molecule has 0 aliphatic heterocycles. The minimum absolute atomic E-state index is 0.0664. The van der Waals surface area contributed by atoms with Crippen molar-refractivity contribution >= 4 is 18.0 Å². The summed E-state index contributed by atoms with van der Waals surface area (Å²) in [7, 11) is 1.14. The van der Waals surface area contributed by atoms with Crippen LogP contribution in [0.4, 0.5) is 4.79 Å². The van der Waals surface area contributed by atoms with Crippen LogP contribution >= 0.6 is 0 Å². The summed E-state index contributed by atoms with van der Waals surface area (Å²) in [6.45, 7) is 5.32. The number of alkyl carbamates (subject to hydrolysis) is 1. The molecule has 0 fully saturated rings. The van der Waals surface area contributed by atoms with Gasteiger partial charge < -0.3 is 9.47 Å². The summed E-state index contributed by atoms with van der Waals surface area (Å²) in [6, 6.07) is 5.66. The third-order valence-electron chi connectivity index (χ3n) is 3.01. The van der Waals surface area contributed by atoms with Crippen LogP contribution in [-0.2, 0) is 25.5 Å². The second-order valence-electron chi connectivity index (χ2n) is 4.71. The molecule has 0 saturated carbocycles. The van der Waals surface area contributed by atoms with Crippen LogP contribution in [0.3, 0.4) is 0 Å². The molecule has 0 radical (unpaired) electrons. The van der Waals surface area contributed by atoms with E-state index in [4.69, 9.17) is 4.74 Å². The van der Waals surface area contributed by atoms with Crippen molar-refractivity contribution in [2.24, 2.45) is 0 Å². The van der Waals surface area contributed by atoms with E-state index < -0.39 is 24.1 Å². The lowest BCUT2D eigenvalue weighted by atomic mass is 10.0. The molecular weight excluding hydrogens is 274 g/mol. The van der Waals surface area contributed by atoms with E-state index in [-0.39, 0.29) is 6.42 Å². The number of benzene rings is 1. The molecule has 1 aromatic rings. The van der Waals surface area contributed by atoms with Gasteiger partial charge in [-0.25, -0.2) is 4.79 Å². The molecule has 0 bridgehead atoms. The maximum absolute atomic E-state index is 11.8. The monoisotopic (exact) mass is 293 g/mol. The number of imide groups is 1. The molecule has 0 aliphatic rings. The highest BCUT2D eigenvalue weighted by molar-refractivity contribution is 5.95. The number of amides is 2. The van der Waals surface area contributed by atoms with Gasteiger partial charge in [-0.15, -0.1) is 0 Å². The molecule has 0 aromatic heterocycles. The molecule has 0 unspecified atom stereocenters. The fraction of sp³-hybridized carbons (Fsp3) is 0.400. The average molecular weight is 293 g/mol. The van der Waals surface area contributed by atoms with Crippen LogP contribution in [0.15, 0.2) is 18.2 Å². The van der Waals surface area contributed by atoms with Crippen molar-refractivity contribution in [2.75, 3.05) is 7.11 Å². The molecule has 1 N–H and O–H groups in total. The van der Waals surface area contributed by atoms with E-state index in [1.54, 1.807) is 0 Å². The Bertz CT molecular complexity index is 553. The predicted octanol–water partition coefficient (Wildman–Crippen LogP) is 1.66. The number of aryl methyl sites for hydroxylation is 2. The largest absolute Gasteiger partial charge is 0.453 e. The summed E-state index contributed by atoms with van der Waals surface area (Å²) in [4.78, 5) is 34.1. The number of carbonyl (C=O) groups excluding carboxylic acids is 3. The topological polar surface area (TPSA) is 81.7 Å². The quantitative estimate of drug-likeness (QED) is 0.854. The number of hydrogen-bond acceptors (Lipinski definition) is 5. The number of hydrogen-bond donors (Lipinski definition) is 1. The minimum atomic E-state index is -1.07. The summed E-state index contributed by atoms with van der Waals surface area (Å²) in [5.41, 5.74) is 3.03. The van der Waals surface area contributed by atoms with Crippen molar-refractivity contribution in [2.45, 2.75) is 33.3 Å². The molecule has 1 atom stereocenters. The minimum Gasteiger partial charge on any atom is -0.453 e. The van der Waals surface area contributed by atoms with Gasteiger partial charge >= 0.3 is 12.1 Å². The van der Waals surface area contributed by atoms with Gasteiger partial charge in [-0.2, -0.15) is 0 Å². The Labute approximate surface area is 123 Å². The van der Waals surface area contributed by atoms with Crippen LogP contribution in [-0.4, -0.2) is 31.2 Å². The fourth-order valence-corrected chi connectivity index (χ4v) is 1.63. The van der Waals surface area contributed by atoms with Crippen molar-refractivity contribution in [1.29, 1.82) is 0 Å². The smallest absolute Gasteiger partial charge is 0.413 e. The van der Waals surface area contributed by atoms with Crippen LogP contribution in [0.2, 0.25) is 0 Å². The van der Waals surface area contributed by atoms with Crippen LogP contribution in [0.25, 0.3) is 0 Å². The van der Waals surface area contributed by atoms with Gasteiger partial charge in [-0.05, 0) is 37.5 Å². The van der Waals surface area contributed by atoms with Crippen molar-refractivity contribution < 1.29 is 23.9 Å². The van der Waals surface area contributed by atoms with Crippen molar-refractivity contribution in [3.8, 4) is 0 Å². The molecule has 0 aliphatic carbocycles. The van der Waals surface area contributed by atoms with E-state index in [2.05, 4.69) is 4.74 Å². The van der Waals surface area contributed by atoms with Gasteiger partial charge in [0.1, 0.15) is 0 Å². The van der Waals surface area contributed by atoms with Gasteiger partial charge in [-0.1, -0.05) is 18.2 Å². The summed E-state index contributed by atoms with van der Waals surface area (Å²) in [5, 5.41) is 1.94. The first kappa shape index (κ1) is 16.7. The maximum Gasteiger partial charge on any atom is 0.413 e. The van der Waals surface area contributed by atoms with Crippen LogP contribution in [0, 0.1) is 13.8 Å². The number of methoxy groups -OCH3 is 1. The molecule has 1 rings (SSSR count). The Morgan fingerprint density at radius 2 is 1.86 bits per heavy atom. The summed E-state index contributed by atoms with van der Waals surface area (Å²) >= 11 is 0. The molecule has 114 valence electrons. The Morgan fingerprint density at radius 1 is 1.19 bits per heavy atom. The van der Waals surface area contributed by atoms with Crippen molar-refractivity contribution in [3.05, 3.63) is 34.9 Å². The first-order chi connectivity index (χ1) is 9.83. The van der Waals surface area contributed by atoms with Gasteiger partial charge in [0.2, 0.25) is 0 Å². The molecule has 0 spiro atoms. The molecule has 2 amide bonds. The van der Waals surface area contributed by atoms with Gasteiger partial charge in [0.25, 0.3) is 5.91 Å². The van der Waals surface area contributed by atoms with E-state index in [1.807, 2.05) is 37.4 Å². The Hall–Kier alpha value is -2.37. The zero-order valence-electron chi connectivity index (χ0n) is 12.6. The van der Waals surface area contributed by atoms with E-state index >= 15 is 0 Å². The molecule has 1 aromatic carbocycles. The van der Waals surface area contributed by atoms with Crippen LogP contribution < -0.4 is 5.32 Å². The Morgan fingerprint density at radius 3 is 2.43 bits per heavy atom. The van der Waals surface area contributed by atoms with E-state index in [9.17, 15) is 14.4 Å². The van der Waals surface area contributed by atoms with Gasteiger partial charge in [0.05, 0.1) is 13.5 Å². The second-order valence-corrected chi connectivity index (χ2v) is 4.71. The van der Waals surface area contributed by atoms with Gasteiger partial charge in [0, 0.05) is 0 Å². The zero-order valence-corrected chi connectivity index (χ0v) is 12.6. The van der Waals surface area contributed by atoms with E-state index in [0.717, 1.165) is 23.8 Å². The Balaban J connectivity index is 2.54. The number of esters is 1. The highest BCUT2D eigenvalue weighted by atomic mass is 16.6. The summed E-state index contributed by atoms with van der Waals surface area (Å²) < 4.78 is 9.26. The fourth-order valence-electron chi connectivity index (χ4n) is 1.63. The molecule has 6 heteroatoms. The van der Waals surface area contributed by atoms with Gasteiger partial charge in [-0.3, -0.25) is 14.9 Å². The van der Waals surface area contributed by atoms with Crippen LogP contribution in [0.5, 0.6) is 0 Å². The normalized spacial score (nSPS) is 11.4. The molecule has 6 nitrogen and oxygen atoms in total. The third-order valence-corrected chi connectivity index (χ3v) is 3.01. The number of nitrogens with one attached hydrogen (secondary N) is 1. The lowest BCUT2D eigenvalue weighted by Gasteiger charge is -2.12. The number of ether oxygens (including phenoxy) is 2. The average Bonchev–Trinajstić information content (AvgIpc) is 2.42. The zero-order chi connectivity index (χ0) is 16.0. The first-order valence-electron chi connectivity index (χ1n) is 6.48. The molecule has 0 heterocycles. The van der Waals surface area contributed by atoms with E-state index in [0.29, 0.717) is 0 Å². The van der Waals surface area contributed by atoms with Crippen molar-refractivity contribution in [3.63, 3.8) is 0 Å². The lowest BCUT2D eigenvalue weighted by molar-refractivity contribution is -0.153. The number of carbonyl (C=O) groups is 3. The number of rotatable bonds is 4.